The van der Waals surface area contributed by atoms with Crippen molar-refractivity contribution in [2.45, 2.75) is 18.7 Å². The van der Waals surface area contributed by atoms with E-state index in [2.05, 4.69) is 22.2 Å². The molecule has 1 saturated heterocycles. The van der Waals surface area contributed by atoms with Crippen molar-refractivity contribution in [3.63, 3.8) is 0 Å². The van der Waals surface area contributed by atoms with Gasteiger partial charge in [-0.25, -0.2) is 8.42 Å². The Balaban J connectivity index is 1.52. The molecule has 4 rings (SSSR count). The Morgan fingerprint density at radius 1 is 1.20 bits per heavy atom. The summed E-state index contributed by atoms with van der Waals surface area (Å²) in [7, 11) is -1.74. The number of carbonyl (C=O) groups excluding carboxylic acids is 1. The quantitative estimate of drug-likeness (QED) is 0.649. The molecule has 30 heavy (non-hydrogen) atoms. The largest absolute Gasteiger partial charge is 0.321 e. The molecule has 160 valence electrons. The minimum absolute atomic E-state index is 0.196. The molecular formula is C20H25N5O3S2. The number of carbonyl (C=O) groups is 1. The average molecular weight is 448 g/mol. The average Bonchev–Trinajstić information content (AvgIpc) is 3.30. The highest BCUT2D eigenvalue weighted by Gasteiger charge is 2.28. The third-order valence-corrected chi connectivity index (χ3v) is 8.52. The maximum absolute atomic E-state index is 13.0. The molecule has 0 bridgehead atoms. The van der Waals surface area contributed by atoms with Gasteiger partial charge in [-0.15, -0.1) is 11.3 Å². The zero-order valence-electron chi connectivity index (χ0n) is 17.3. The number of sulfonamides is 1. The number of hydrogen-bond acceptors (Lipinski definition) is 6. The minimum atomic E-state index is -3.59. The van der Waals surface area contributed by atoms with Crippen LogP contribution in [0.3, 0.4) is 0 Å². The van der Waals surface area contributed by atoms with Gasteiger partial charge in [-0.2, -0.15) is 9.40 Å². The third kappa shape index (κ3) is 3.87. The standard InChI is InChI=1S/C20H25N5O3S2/c1-4-24-8-10-25(11-9-24)30(27,28)16-7-5-6-15(12-16)21-19(26)18-13-17-14(2)22-23(3)20(17)29-18/h5-7,12-13H,4,8-11H2,1-3H3,(H,21,26). The summed E-state index contributed by atoms with van der Waals surface area (Å²) < 4.78 is 29.3. The fourth-order valence-electron chi connectivity index (χ4n) is 3.68. The molecule has 0 radical (unpaired) electrons. The van der Waals surface area contributed by atoms with Crippen molar-refractivity contribution in [3.8, 4) is 0 Å². The Bertz CT molecular complexity index is 1160. The Morgan fingerprint density at radius 3 is 2.60 bits per heavy atom. The van der Waals surface area contributed by atoms with Gasteiger partial charge in [0.1, 0.15) is 4.83 Å². The first-order valence-electron chi connectivity index (χ1n) is 9.86. The molecule has 0 atom stereocenters. The highest BCUT2D eigenvalue weighted by molar-refractivity contribution is 7.89. The molecule has 2 aromatic heterocycles. The number of aromatic nitrogens is 2. The monoisotopic (exact) mass is 447 g/mol. The summed E-state index contributed by atoms with van der Waals surface area (Å²) in [6, 6.07) is 8.28. The van der Waals surface area contributed by atoms with E-state index in [-0.39, 0.29) is 10.8 Å². The Labute approximate surface area is 180 Å². The van der Waals surface area contributed by atoms with E-state index in [1.54, 1.807) is 22.9 Å². The molecule has 1 aliphatic heterocycles. The van der Waals surface area contributed by atoms with E-state index in [4.69, 9.17) is 0 Å². The van der Waals surface area contributed by atoms with E-state index in [1.165, 1.54) is 21.7 Å². The van der Waals surface area contributed by atoms with E-state index in [0.717, 1.165) is 35.5 Å². The molecule has 3 heterocycles. The van der Waals surface area contributed by atoms with Gasteiger partial charge in [-0.1, -0.05) is 13.0 Å². The van der Waals surface area contributed by atoms with Crippen LogP contribution in [0.5, 0.6) is 0 Å². The van der Waals surface area contributed by atoms with E-state index in [1.807, 2.05) is 20.0 Å². The van der Waals surface area contributed by atoms with Crippen LogP contribution >= 0.6 is 11.3 Å². The van der Waals surface area contributed by atoms with Crippen LogP contribution in [0.4, 0.5) is 5.69 Å². The number of benzene rings is 1. The van der Waals surface area contributed by atoms with E-state index in [9.17, 15) is 13.2 Å². The zero-order chi connectivity index (χ0) is 21.5. The van der Waals surface area contributed by atoms with Crippen molar-refractivity contribution in [3.05, 3.63) is 40.9 Å². The Hall–Kier alpha value is -2.27. The summed E-state index contributed by atoms with van der Waals surface area (Å²) in [6.07, 6.45) is 0. The minimum Gasteiger partial charge on any atom is -0.321 e. The molecule has 1 fully saturated rings. The van der Waals surface area contributed by atoms with Crippen molar-refractivity contribution >= 4 is 43.2 Å². The van der Waals surface area contributed by atoms with Gasteiger partial charge in [0.05, 0.1) is 15.5 Å². The van der Waals surface area contributed by atoms with Crippen LogP contribution < -0.4 is 5.32 Å². The lowest BCUT2D eigenvalue weighted by atomic mass is 10.3. The molecule has 8 nitrogen and oxygen atoms in total. The van der Waals surface area contributed by atoms with Crippen molar-refractivity contribution in [1.29, 1.82) is 0 Å². The SMILES string of the molecule is CCN1CCN(S(=O)(=O)c2cccc(NC(=O)c3cc4c(C)nn(C)c4s3)c2)CC1. The van der Waals surface area contributed by atoms with Crippen LogP contribution in [0.15, 0.2) is 35.2 Å². The number of nitrogens with zero attached hydrogens (tertiary/aromatic N) is 4. The van der Waals surface area contributed by atoms with Gasteiger partial charge in [-0.05, 0) is 37.7 Å². The van der Waals surface area contributed by atoms with Crippen LogP contribution in [0.2, 0.25) is 0 Å². The second-order valence-corrected chi connectivity index (χ2v) is 10.3. The predicted octanol–water partition coefficient (Wildman–Crippen LogP) is 2.52. The number of aryl methyl sites for hydroxylation is 2. The van der Waals surface area contributed by atoms with Gasteiger partial charge in [0.15, 0.2) is 0 Å². The van der Waals surface area contributed by atoms with Gasteiger partial charge in [0.2, 0.25) is 10.0 Å². The number of thiophene rings is 1. The fraction of sp³-hybridized carbons (Fsp3) is 0.400. The van der Waals surface area contributed by atoms with Crippen molar-refractivity contribution in [1.82, 2.24) is 19.0 Å². The first-order valence-corrected chi connectivity index (χ1v) is 12.1. The Kier molecular flexibility index (Phi) is 5.67. The summed E-state index contributed by atoms with van der Waals surface area (Å²) in [5.41, 5.74) is 1.33. The lowest BCUT2D eigenvalue weighted by molar-refractivity contribution is 0.103. The number of amides is 1. The van der Waals surface area contributed by atoms with Crippen LogP contribution in [-0.2, 0) is 17.1 Å². The number of likely N-dealkylation sites (N-methyl/N-ethyl adjacent to an activating group) is 1. The number of piperazine rings is 1. The third-order valence-electron chi connectivity index (χ3n) is 5.43. The van der Waals surface area contributed by atoms with Crippen LogP contribution in [0.1, 0.15) is 22.3 Å². The van der Waals surface area contributed by atoms with Gasteiger partial charge < -0.3 is 10.2 Å². The number of rotatable bonds is 5. The fourth-order valence-corrected chi connectivity index (χ4v) is 6.17. The lowest BCUT2D eigenvalue weighted by Gasteiger charge is -2.33. The first-order chi connectivity index (χ1) is 14.3. The van der Waals surface area contributed by atoms with Crippen LogP contribution in [0.25, 0.3) is 10.2 Å². The smallest absolute Gasteiger partial charge is 0.265 e. The molecule has 1 aliphatic rings. The summed E-state index contributed by atoms with van der Waals surface area (Å²) in [4.78, 5) is 16.7. The van der Waals surface area contributed by atoms with Gasteiger partial charge in [0.25, 0.3) is 5.91 Å². The number of fused-ring (bicyclic) bond motifs is 1. The molecule has 0 saturated carbocycles. The first kappa shape index (κ1) is 21.0. The zero-order valence-corrected chi connectivity index (χ0v) is 18.9. The molecule has 3 aromatic rings. The summed E-state index contributed by atoms with van der Waals surface area (Å²) in [6.45, 7) is 7.31. The van der Waals surface area contributed by atoms with E-state index in [0.29, 0.717) is 23.7 Å². The van der Waals surface area contributed by atoms with Crippen LogP contribution in [-0.4, -0.2) is 66.0 Å². The maximum atomic E-state index is 13.0. The van der Waals surface area contributed by atoms with Gasteiger partial charge in [0, 0.05) is 44.3 Å². The number of hydrogen-bond donors (Lipinski definition) is 1. The molecule has 0 spiro atoms. The van der Waals surface area contributed by atoms with Crippen LogP contribution in [0, 0.1) is 6.92 Å². The number of anilines is 1. The Morgan fingerprint density at radius 2 is 1.93 bits per heavy atom. The van der Waals surface area contributed by atoms with E-state index < -0.39 is 10.0 Å². The summed E-state index contributed by atoms with van der Waals surface area (Å²) >= 11 is 1.36. The molecule has 10 heteroatoms. The van der Waals surface area contributed by atoms with Gasteiger partial charge in [-0.3, -0.25) is 9.48 Å². The second-order valence-electron chi connectivity index (χ2n) is 7.36. The van der Waals surface area contributed by atoms with Crippen molar-refractivity contribution in [2.24, 2.45) is 7.05 Å². The molecular weight excluding hydrogens is 422 g/mol. The van der Waals surface area contributed by atoms with Crippen molar-refractivity contribution in [2.75, 3.05) is 38.0 Å². The lowest BCUT2D eigenvalue weighted by Crippen LogP contribution is -2.48. The second kappa shape index (κ2) is 8.10. The number of nitrogens with one attached hydrogen (secondary N) is 1. The van der Waals surface area contributed by atoms with E-state index >= 15 is 0 Å². The molecule has 1 amide bonds. The molecule has 0 aliphatic carbocycles. The molecule has 0 unspecified atom stereocenters. The summed E-state index contributed by atoms with van der Waals surface area (Å²) in [5, 5.41) is 8.13. The normalized spacial score (nSPS) is 16.2. The molecule has 1 aromatic carbocycles. The summed E-state index contributed by atoms with van der Waals surface area (Å²) in [5.74, 6) is -0.262. The highest BCUT2D eigenvalue weighted by Crippen LogP contribution is 2.28. The maximum Gasteiger partial charge on any atom is 0.265 e. The predicted molar refractivity (Wildman–Crippen MR) is 119 cm³/mol. The highest BCUT2D eigenvalue weighted by atomic mass is 32.2. The molecule has 1 N–H and O–H groups in total. The van der Waals surface area contributed by atoms with Crippen molar-refractivity contribution < 1.29 is 13.2 Å². The van der Waals surface area contributed by atoms with Gasteiger partial charge >= 0.3 is 0 Å². The topological polar surface area (TPSA) is 87.5 Å².